The number of alkyl halides is 3. The number of piperidine rings is 2. The zero-order chi connectivity index (χ0) is 25.1. The predicted molar refractivity (Wildman–Crippen MR) is 130 cm³/mol. The maximum absolute atomic E-state index is 14.5. The quantitative estimate of drug-likeness (QED) is 0.539. The molecule has 1 aromatic heterocycles. The van der Waals surface area contributed by atoms with Crippen LogP contribution >= 0.6 is 0 Å². The molecule has 0 radical (unpaired) electrons. The van der Waals surface area contributed by atoms with Crippen LogP contribution in [0, 0.1) is 11.7 Å². The zero-order valence-corrected chi connectivity index (χ0v) is 20.2. The number of benzene rings is 1. The van der Waals surface area contributed by atoms with Gasteiger partial charge in [0.25, 0.3) is 0 Å². The number of ether oxygens (including phenoxy) is 1. The third-order valence-corrected chi connectivity index (χ3v) is 7.41. The Morgan fingerprint density at radius 2 is 1.83 bits per heavy atom. The Hall–Kier alpha value is -2.66. The molecule has 0 spiro atoms. The fourth-order valence-electron chi connectivity index (χ4n) is 5.64. The van der Waals surface area contributed by atoms with Crippen molar-refractivity contribution < 1.29 is 22.3 Å². The molecule has 3 aliphatic heterocycles. The van der Waals surface area contributed by atoms with Crippen molar-refractivity contribution in [2.75, 3.05) is 61.5 Å². The average molecular weight is 509 g/mol. The van der Waals surface area contributed by atoms with E-state index in [1.165, 1.54) is 18.9 Å². The molecule has 0 saturated carbocycles. The van der Waals surface area contributed by atoms with Crippen LogP contribution in [0.4, 0.5) is 40.7 Å². The van der Waals surface area contributed by atoms with Gasteiger partial charge < -0.3 is 25.2 Å². The van der Waals surface area contributed by atoms with Gasteiger partial charge in [-0.25, -0.2) is 9.37 Å². The van der Waals surface area contributed by atoms with Crippen LogP contribution in [0.5, 0.6) is 0 Å². The third kappa shape index (κ3) is 5.67. The number of rotatable bonds is 6. The number of morpholine rings is 1. The van der Waals surface area contributed by atoms with Crippen LogP contribution < -0.4 is 15.5 Å². The normalized spacial score (nSPS) is 23.3. The summed E-state index contributed by atoms with van der Waals surface area (Å²) in [6.45, 7) is 4.41. The van der Waals surface area contributed by atoms with E-state index in [9.17, 15) is 17.6 Å². The molecule has 2 atom stereocenters. The number of aromatic nitrogens is 2. The van der Waals surface area contributed by atoms with Crippen molar-refractivity contribution in [2.24, 2.45) is 5.92 Å². The molecule has 3 saturated heterocycles. The number of anilines is 4. The van der Waals surface area contributed by atoms with Gasteiger partial charge in [-0.05, 0) is 62.9 Å². The first kappa shape index (κ1) is 25.0. The van der Waals surface area contributed by atoms with Gasteiger partial charge in [0.05, 0.1) is 25.0 Å². The molecule has 2 N–H and O–H groups in total. The molecule has 2 aromatic rings. The van der Waals surface area contributed by atoms with E-state index in [2.05, 4.69) is 25.5 Å². The molecule has 1 aromatic carbocycles. The highest BCUT2D eigenvalue weighted by molar-refractivity contribution is 5.65. The molecule has 3 fully saturated rings. The van der Waals surface area contributed by atoms with Crippen molar-refractivity contribution in [2.45, 2.75) is 44.3 Å². The first-order chi connectivity index (χ1) is 17.4. The van der Waals surface area contributed by atoms with Crippen LogP contribution in [0.3, 0.4) is 0 Å². The molecule has 36 heavy (non-hydrogen) atoms. The lowest BCUT2D eigenvalue weighted by molar-refractivity contribution is -0.137. The van der Waals surface area contributed by atoms with Crippen LogP contribution in [0.1, 0.15) is 37.7 Å². The number of halogens is 4. The first-order valence-electron chi connectivity index (χ1n) is 12.7. The minimum Gasteiger partial charge on any atom is -0.378 e. The van der Waals surface area contributed by atoms with Gasteiger partial charge in [-0.3, -0.25) is 0 Å². The summed E-state index contributed by atoms with van der Waals surface area (Å²) in [7, 11) is 0. The van der Waals surface area contributed by atoms with Gasteiger partial charge in [0, 0.05) is 37.1 Å². The van der Waals surface area contributed by atoms with Crippen molar-refractivity contribution >= 4 is 23.1 Å². The van der Waals surface area contributed by atoms with Crippen LogP contribution in [-0.2, 0) is 10.9 Å². The molecule has 2 unspecified atom stereocenters. The maximum atomic E-state index is 14.5. The van der Waals surface area contributed by atoms with Crippen LogP contribution in [0.2, 0.25) is 0 Å². The lowest BCUT2D eigenvalue weighted by Gasteiger charge is -2.44. The Bertz CT molecular complexity index is 1040. The van der Waals surface area contributed by atoms with Gasteiger partial charge in [-0.2, -0.15) is 18.2 Å². The molecule has 5 rings (SSSR count). The van der Waals surface area contributed by atoms with Crippen LogP contribution in [-0.4, -0.2) is 66.8 Å². The van der Waals surface area contributed by atoms with Crippen molar-refractivity contribution in [3.05, 3.63) is 35.8 Å². The molecule has 11 heteroatoms. The lowest BCUT2D eigenvalue weighted by Crippen LogP contribution is -2.49. The molecule has 0 bridgehead atoms. The van der Waals surface area contributed by atoms with E-state index < -0.39 is 17.6 Å². The molecule has 7 nitrogen and oxygen atoms in total. The van der Waals surface area contributed by atoms with Gasteiger partial charge in [-0.1, -0.05) is 6.42 Å². The SMILES string of the molecule is Fc1cnc(Nc2ccc(N3CCOCC3)c(C(F)(F)F)c2)nc1NCC1CCCN2CCCCC12. The summed E-state index contributed by atoms with van der Waals surface area (Å²) < 4.78 is 61.3. The third-order valence-electron chi connectivity index (χ3n) is 7.41. The Kier molecular flexibility index (Phi) is 7.47. The number of nitrogens with zero attached hydrogens (tertiary/aromatic N) is 4. The monoisotopic (exact) mass is 508 g/mol. The standard InChI is InChI=1S/C25H32F4N6O/c26-20-16-31-24(33-23(20)30-15-17-4-3-9-34-8-2-1-5-21(17)34)32-18-6-7-22(19(14-18)25(27,28)29)35-10-12-36-13-11-35/h6-7,14,16-17,21H,1-5,8-13,15H2,(H2,30,31,32,33). The second-order valence-corrected chi connectivity index (χ2v) is 9.73. The van der Waals surface area contributed by atoms with Gasteiger partial charge in [-0.15, -0.1) is 0 Å². The van der Waals surface area contributed by atoms with E-state index in [-0.39, 0.29) is 23.1 Å². The maximum Gasteiger partial charge on any atom is 0.418 e. The molecule has 0 amide bonds. The zero-order valence-electron chi connectivity index (χ0n) is 20.2. The molecular weight excluding hydrogens is 476 g/mol. The lowest BCUT2D eigenvalue weighted by atomic mass is 9.83. The smallest absolute Gasteiger partial charge is 0.378 e. The number of nitrogens with one attached hydrogen (secondary N) is 2. The fraction of sp³-hybridized carbons (Fsp3) is 0.600. The summed E-state index contributed by atoms with van der Waals surface area (Å²) in [5.74, 6) is -0.0853. The first-order valence-corrected chi connectivity index (χ1v) is 12.7. The minimum absolute atomic E-state index is 0.0362. The number of hydrogen-bond donors (Lipinski definition) is 2. The van der Waals surface area contributed by atoms with E-state index >= 15 is 0 Å². The summed E-state index contributed by atoms with van der Waals surface area (Å²) in [4.78, 5) is 12.4. The molecule has 196 valence electrons. The summed E-state index contributed by atoms with van der Waals surface area (Å²) in [5, 5.41) is 5.96. The van der Waals surface area contributed by atoms with Crippen molar-refractivity contribution in [3.63, 3.8) is 0 Å². The molecule has 3 aliphatic rings. The van der Waals surface area contributed by atoms with E-state index in [0.717, 1.165) is 44.6 Å². The van der Waals surface area contributed by atoms with Gasteiger partial charge in [0.2, 0.25) is 5.95 Å². The summed E-state index contributed by atoms with van der Waals surface area (Å²) >= 11 is 0. The van der Waals surface area contributed by atoms with Crippen LogP contribution in [0.15, 0.2) is 24.4 Å². The Labute approximate surface area is 208 Å². The molecule has 4 heterocycles. The highest BCUT2D eigenvalue weighted by atomic mass is 19.4. The van der Waals surface area contributed by atoms with Gasteiger partial charge in [0.15, 0.2) is 11.6 Å². The molecule has 0 aliphatic carbocycles. The molecular formula is C25H32F4N6O. The van der Waals surface area contributed by atoms with E-state index in [0.29, 0.717) is 44.8 Å². The summed E-state index contributed by atoms with van der Waals surface area (Å²) in [6.07, 6.45) is 2.33. The Morgan fingerprint density at radius 1 is 1.03 bits per heavy atom. The van der Waals surface area contributed by atoms with E-state index in [1.807, 2.05) is 0 Å². The number of hydrogen-bond acceptors (Lipinski definition) is 7. The van der Waals surface area contributed by atoms with Crippen molar-refractivity contribution in [1.29, 1.82) is 0 Å². The van der Waals surface area contributed by atoms with Crippen molar-refractivity contribution in [1.82, 2.24) is 14.9 Å². The fourth-order valence-corrected chi connectivity index (χ4v) is 5.64. The summed E-state index contributed by atoms with van der Waals surface area (Å²) in [6, 6.07) is 4.55. The van der Waals surface area contributed by atoms with E-state index in [1.54, 1.807) is 11.0 Å². The summed E-state index contributed by atoms with van der Waals surface area (Å²) in [5.41, 5.74) is -0.450. The highest BCUT2D eigenvalue weighted by Gasteiger charge is 2.36. The second-order valence-electron chi connectivity index (χ2n) is 9.73. The topological polar surface area (TPSA) is 65.5 Å². The Balaban J connectivity index is 1.30. The van der Waals surface area contributed by atoms with Crippen LogP contribution in [0.25, 0.3) is 0 Å². The average Bonchev–Trinajstić information content (AvgIpc) is 2.89. The number of fused-ring (bicyclic) bond motifs is 1. The second kappa shape index (κ2) is 10.8. The Morgan fingerprint density at radius 3 is 2.64 bits per heavy atom. The predicted octanol–water partition coefficient (Wildman–Crippen LogP) is 4.89. The van der Waals surface area contributed by atoms with Crippen molar-refractivity contribution in [3.8, 4) is 0 Å². The van der Waals surface area contributed by atoms with Gasteiger partial charge >= 0.3 is 6.18 Å². The highest BCUT2D eigenvalue weighted by Crippen LogP contribution is 2.39. The van der Waals surface area contributed by atoms with E-state index in [4.69, 9.17) is 4.74 Å². The van der Waals surface area contributed by atoms with Gasteiger partial charge in [0.1, 0.15) is 0 Å². The largest absolute Gasteiger partial charge is 0.418 e. The minimum atomic E-state index is -4.53.